The molecule has 0 unspecified atom stereocenters. The van der Waals surface area contributed by atoms with Crippen LogP contribution >= 0.6 is 0 Å². The maximum Gasteiger partial charge on any atom is 0.397 e. The molecule has 0 aromatic heterocycles. The summed E-state index contributed by atoms with van der Waals surface area (Å²) < 4.78 is 5.01. The van der Waals surface area contributed by atoms with Gasteiger partial charge in [0.05, 0.1) is 0 Å². The summed E-state index contributed by atoms with van der Waals surface area (Å²) in [6, 6.07) is 0.227. The minimum Gasteiger partial charge on any atom is -0.453 e. The van der Waals surface area contributed by atoms with Gasteiger partial charge in [-0.1, -0.05) is 0 Å². The van der Waals surface area contributed by atoms with Crippen molar-refractivity contribution in [3.63, 3.8) is 0 Å². The first-order chi connectivity index (χ1) is 6.81. The minimum absolute atomic E-state index is 0.227. The third-order valence-electron chi connectivity index (χ3n) is 2.52. The highest BCUT2D eigenvalue weighted by Gasteiger charge is 2.32. The van der Waals surface area contributed by atoms with Gasteiger partial charge in [0.25, 0.3) is 0 Å². The van der Waals surface area contributed by atoms with E-state index in [-0.39, 0.29) is 6.04 Å². The second-order valence-electron chi connectivity index (χ2n) is 5.00. The van der Waals surface area contributed by atoms with Crippen LogP contribution < -0.4 is 0 Å². The number of likely N-dealkylation sites (N-methyl/N-ethyl adjacent to an activating group) is 1. The van der Waals surface area contributed by atoms with Crippen LogP contribution in [-0.4, -0.2) is 35.5 Å². The number of carbonyl (C=O) groups is 2. The molecule has 0 atom stereocenters. The molecule has 1 amide bonds. The van der Waals surface area contributed by atoms with Gasteiger partial charge >= 0.3 is 11.9 Å². The van der Waals surface area contributed by atoms with Gasteiger partial charge in [0.1, 0.15) is 5.60 Å². The Morgan fingerprint density at radius 3 is 2.13 bits per heavy atom. The molecule has 0 aliphatic heterocycles. The number of hydrogen-bond donors (Lipinski definition) is 0. The molecule has 1 rings (SSSR count). The molecule has 15 heavy (non-hydrogen) atoms. The van der Waals surface area contributed by atoms with Crippen molar-refractivity contribution in [2.45, 2.75) is 51.7 Å². The third-order valence-corrected chi connectivity index (χ3v) is 2.52. The molecule has 0 N–H and O–H groups in total. The highest BCUT2D eigenvalue weighted by molar-refractivity contribution is 6.32. The summed E-state index contributed by atoms with van der Waals surface area (Å²) in [6.45, 7) is 5.25. The third kappa shape index (κ3) is 3.22. The Kier molecular flexibility index (Phi) is 3.37. The number of esters is 1. The Labute approximate surface area is 90.6 Å². The van der Waals surface area contributed by atoms with Gasteiger partial charge in [0.15, 0.2) is 0 Å². The van der Waals surface area contributed by atoms with Crippen LogP contribution in [0.2, 0.25) is 0 Å². The van der Waals surface area contributed by atoms with Gasteiger partial charge in [-0.2, -0.15) is 0 Å². The van der Waals surface area contributed by atoms with Crippen molar-refractivity contribution in [2.75, 3.05) is 7.05 Å². The summed E-state index contributed by atoms with van der Waals surface area (Å²) >= 11 is 0. The molecular weight excluding hydrogens is 194 g/mol. The van der Waals surface area contributed by atoms with Gasteiger partial charge in [0, 0.05) is 13.1 Å². The van der Waals surface area contributed by atoms with Crippen LogP contribution in [0.4, 0.5) is 0 Å². The molecule has 0 aromatic rings. The van der Waals surface area contributed by atoms with Gasteiger partial charge in [-0.05, 0) is 40.0 Å². The predicted molar refractivity (Wildman–Crippen MR) is 56.3 cm³/mol. The van der Waals surface area contributed by atoms with Crippen molar-refractivity contribution >= 4 is 11.9 Å². The van der Waals surface area contributed by atoms with Crippen LogP contribution in [0.25, 0.3) is 0 Å². The van der Waals surface area contributed by atoms with Crippen LogP contribution in [0.15, 0.2) is 0 Å². The highest BCUT2D eigenvalue weighted by atomic mass is 16.6. The predicted octanol–water partition coefficient (Wildman–Crippen LogP) is 1.34. The van der Waals surface area contributed by atoms with Gasteiger partial charge in [-0.15, -0.1) is 0 Å². The van der Waals surface area contributed by atoms with Gasteiger partial charge < -0.3 is 9.64 Å². The molecule has 86 valence electrons. The lowest BCUT2D eigenvalue weighted by Gasteiger charge is -2.34. The number of rotatable bonds is 1. The highest BCUT2D eigenvalue weighted by Crippen LogP contribution is 2.23. The van der Waals surface area contributed by atoms with Crippen LogP contribution in [0.1, 0.15) is 40.0 Å². The lowest BCUT2D eigenvalue weighted by Crippen LogP contribution is -2.46. The average molecular weight is 213 g/mol. The van der Waals surface area contributed by atoms with E-state index in [0.29, 0.717) is 0 Å². The van der Waals surface area contributed by atoms with Gasteiger partial charge in [-0.3, -0.25) is 4.79 Å². The van der Waals surface area contributed by atoms with E-state index >= 15 is 0 Å². The zero-order chi connectivity index (χ0) is 11.6. The summed E-state index contributed by atoms with van der Waals surface area (Å²) in [5, 5.41) is 0. The Bertz CT molecular complexity index is 263. The van der Waals surface area contributed by atoms with Crippen molar-refractivity contribution in [2.24, 2.45) is 0 Å². The van der Waals surface area contributed by atoms with E-state index in [1.165, 1.54) is 4.90 Å². The zero-order valence-electron chi connectivity index (χ0n) is 9.87. The van der Waals surface area contributed by atoms with Crippen LogP contribution in [0.3, 0.4) is 0 Å². The number of nitrogens with zero attached hydrogens (tertiary/aromatic N) is 1. The molecule has 4 nitrogen and oxygen atoms in total. The van der Waals surface area contributed by atoms with Crippen LogP contribution in [-0.2, 0) is 14.3 Å². The number of ether oxygens (including phenoxy) is 1. The fourth-order valence-electron chi connectivity index (χ4n) is 1.41. The summed E-state index contributed by atoms with van der Waals surface area (Å²) in [7, 11) is 1.66. The zero-order valence-corrected chi connectivity index (χ0v) is 9.87. The molecule has 0 aromatic carbocycles. The quantitative estimate of drug-likeness (QED) is 0.488. The fourth-order valence-corrected chi connectivity index (χ4v) is 1.41. The molecule has 1 saturated carbocycles. The molecule has 1 aliphatic carbocycles. The normalized spacial score (nSPS) is 16.8. The maximum absolute atomic E-state index is 11.6. The molecule has 1 fully saturated rings. The van der Waals surface area contributed by atoms with Crippen molar-refractivity contribution in [3.05, 3.63) is 0 Å². The standard InChI is InChI=1S/C11H19NO3/c1-11(2,3)15-10(14)9(13)12(4)8-6-5-7-8/h8H,5-7H2,1-4H3. The molecule has 0 spiro atoms. The second kappa shape index (κ2) is 4.21. The summed E-state index contributed by atoms with van der Waals surface area (Å²) in [4.78, 5) is 24.5. The first-order valence-corrected chi connectivity index (χ1v) is 5.31. The van der Waals surface area contributed by atoms with Gasteiger partial charge in [0.2, 0.25) is 0 Å². The van der Waals surface area contributed by atoms with E-state index in [1.807, 2.05) is 0 Å². The molecule has 4 heteroatoms. The summed E-state index contributed by atoms with van der Waals surface area (Å²) in [5.74, 6) is -1.29. The Balaban J connectivity index is 2.48. The van der Waals surface area contributed by atoms with Crippen molar-refractivity contribution in [3.8, 4) is 0 Å². The smallest absolute Gasteiger partial charge is 0.397 e. The SMILES string of the molecule is CN(C(=O)C(=O)OC(C)(C)C)C1CCC1. The molecular formula is C11H19NO3. The van der Waals surface area contributed by atoms with Crippen LogP contribution in [0.5, 0.6) is 0 Å². The van der Waals surface area contributed by atoms with E-state index in [0.717, 1.165) is 19.3 Å². The Morgan fingerprint density at radius 1 is 1.27 bits per heavy atom. The second-order valence-corrected chi connectivity index (χ2v) is 5.00. The van der Waals surface area contributed by atoms with Crippen LogP contribution in [0, 0.1) is 0 Å². The summed E-state index contributed by atoms with van der Waals surface area (Å²) in [6.07, 6.45) is 3.12. The van der Waals surface area contributed by atoms with Crippen molar-refractivity contribution < 1.29 is 14.3 Å². The molecule has 0 saturated heterocycles. The Morgan fingerprint density at radius 2 is 1.80 bits per heavy atom. The van der Waals surface area contributed by atoms with E-state index < -0.39 is 17.5 Å². The topological polar surface area (TPSA) is 46.6 Å². The molecule has 0 heterocycles. The maximum atomic E-state index is 11.6. The first-order valence-electron chi connectivity index (χ1n) is 5.31. The minimum atomic E-state index is -0.753. The number of carbonyl (C=O) groups excluding carboxylic acids is 2. The van der Waals surface area contributed by atoms with E-state index in [2.05, 4.69) is 0 Å². The lowest BCUT2D eigenvalue weighted by molar-refractivity contribution is -0.169. The first kappa shape index (κ1) is 12.0. The molecule has 1 aliphatic rings. The van der Waals surface area contributed by atoms with E-state index in [9.17, 15) is 9.59 Å². The number of hydrogen-bond acceptors (Lipinski definition) is 3. The average Bonchev–Trinajstić information content (AvgIpc) is 1.96. The summed E-state index contributed by atoms with van der Waals surface area (Å²) in [5.41, 5.74) is -0.604. The largest absolute Gasteiger partial charge is 0.453 e. The van der Waals surface area contributed by atoms with E-state index in [4.69, 9.17) is 4.74 Å². The van der Waals surface area contributed by atoms with Gasteiger partial charge in [-0.25, -0.2) is 4.79 Å². The van der Waals surface area contributed by atoms with Crippen molar-refractivity contribution in [1.82, 2.24) is 4.90 Å². The monoisotopic (exact) mass is 213 g/mol. The molecule has 0 radical (unpaired) electrons. The molecule has 0 bridgehead atoms. The van der Waals surface area contributed by atoms with E-state index in [1.54, 1.807) is 27.8 Å². The lowest BCUT2D eigenvalue weighted by atomic mass is 9.92. The fraction of sp³-hybridized carbons (Fsp3) is 0.818. The number of amides is 1. The Hall–Kier alpha value is -1.06. The van der Waals surface area contributed by atoms with Crippen molar-refractivity contribution in [1.29, 1.82) is 0 Å².